The van der Waals surface area contributed by atoms with E-state index in [-0.39, 0.29) is 24.0 Å². The Kier molecular flexibility index (Phi) is 5.36. The molecule has 19 heavy (non-hydrogen) atoms. The lowest BCUT2D eigenvalue weighted by atomic mass is 10.1. The molecule has 0 fully saturated rings. The molecule has 0 radical (unpaired) electrons. The van der Waals surface area contributed by atoms with Gasteiger partial charge in [-0.1, -0.05) is 30.3 Å². The predicted molar refractivity (Wildman–Crippen MR) is 74.6 cm³/mol. The van der Waals surface area contributed by atoms with Crippen molar-refractivity contribution in [2.24, 2.45) is 0 Å². The van der Waals surface area contributed by atoms with E-state index < -0.39 is 0 Å². The number of rotatable bonds is 4. The summed E-state index contributed by atoms with van der Waals surface area (Å²) in [5, 5.41) is 7.97. The summed E-state index contributed by atoms with van der Waals surface area (Å²) in [5.41, 5.74) is 0.719. The summed E-state index contributed by atoms with van der Waals surface area (Å²) < 4.78 is 0. The summed E-state index contributed by atoms with van der Waals surface area (Å²) in [6.45, 7) is 6.08. The smallest absolute Gasteiger partial charge is 0.315 e. The molecule has 0 spiro atoms. The molecule has 0 saturated heterocycles. The fourth-order valence-corrected chi connectivity index (χ4v) is 1.46. The second-order valence-corrected chi connectivity index (χ2v) is 5.32. The third-order valence-electron chi connectivity index (χ3n) is 2.22. The van der Waals surface area contributed by atoms with E-state index in [0.29, 0.717) is 6.54 Å². The van der Waals surface area contributed by atoms with Gasteiger partial charge >= 0.3 is 6.03 Å². The van der Waals surface area contributed by atoms with E-state index in [1.807, 2.05) is 51.1 Å². The van der Waals surface area contributed by atoms with Crippen LogP contribution in [0, 0.1) is 0 Å². The van der Waals surface area contributed by atoms with Crippen LogP contribution in [0.25, 0.3) is 0 Å². The first kappa shape index (κ1) is 15.0. The zero-order valence-corrected chi connectivity index (χ0v) is 11.6. The molecule has 104 valence electrons. The van der Waals surface area contributed by atoms with E-state index in [1.54, 1.807) is 0 Å². The number of carbonyl (C=O) groups is 2. The second-order valence-electron chi connectivity index (χ2n) is 5.32. The number of benzene rings is 1. The number of amides is 3. The van der Waals surface area contributed by atoms with Crippen LogP contribution >= 0.6 is 0 Å². The van der Waals surface area contributed by atoms with Gasteiger partial charge in [-0.3, -0.25) is 4.79 Å². The zero-order chi connectivity index (χ0) is 14.3. The van der Waals surface area contributed by atoms with E-state index >= 15 is 0 Å². The molecule has 0 aliphatic carbocycles. The number of carbonyl (C=O) groups excluding carboxylic acids is 2. The topological polar surface area (TPSA) is 70.2 Å². The lowest BCUT2D eigenvalue weighted by molar-refractivity contribution is -0.121. The van der Waals surface area contributed by atoms with Crippen LogP contribution in [0.1, 0.15) is 26.3 Å². The van der Waals surface area contributed by atoms with Crippen molar-refractivity contribution in [1.29, 1.82) is 0 Å². The van der Waals surface area contributed by atoms with Crippen molar-refractivity contribution in [1.82, 2.24) is 16.0 Å². The average Bonchev–Trinajstić information content (AvgIpc) is 2.33. The summed E-state index contributed by atoms with van der Waals surface area (Å²) in [5.74, 6) is -0.206. The zero-order valence-electron chi connectivity index (χ0n) is 11.6. The minimum atomic E-state index is -0.354. The Morgan fingerprint density at radius 1 is 1.05 bits per heavy atom. The Labute approximate surface area is 113 Å². The van der Waals surface area contributed by atoms with Gasteiger partial charge in [0.2, 0.25) is 5.91 Å². The van der Waals surface area contributed by atoms with Gasteiger partial charge in [0, 0.05) is 12.1 Å². The molecular formula is C14H21N3O2. The lowest BCUT2D eigenvalue weighted by Gasteiger charge is -2.20. The molecule has 0 aliphatic rings. The monoisotopic (exact) mass is 263 g/mol. The molecule has 0 saturated carbocycles. The fourth-order valence-electron chi connectivity index (χ4n) is 1.46. The molecule has 1 aromatic carbocycles. The number of hydrogen-bond acceptors (Lipinski definition) is 2. The van der Waals surface area contributed by atoms with Crippen molar-refractivity contribution >= 4 is 11.9 Å². The molecule has 0 bridgehead atoms. The highest BCUT2D eigenvalue weighted by atomic mass is 16.2. The summed E-state index contributed by atoms with van der Waals surface area (Å²) in [4.78, 5) is 23.0. The maximum absolute atomic E-state index is 11.5. The maximum Gasteiger partial charge on any atom is 0.315 e. The van der Waals surface area contributed by atoms with Crippen LogP contribution in [0.4, 0.5) is 4.79 Å². The standard InChI is InChI=1S/C14H21N3O2/c1-14(2,3)17-12(18)10-16-13(19)15-9-11-7-5-4-6-8-11/h4-8H,9-10H2,1-3H3,(H,17,18)(H2,15,16,19). The molecule has 3 N–H and O–H groups in total. The van der Waals surface area contributed by atoms with E-state index in [4.69, 9.17) is 0 Å². The van der Waals surface area contributed by atoms with Gasteiger partial charge in [0.15, 0.2) is 0 Å². The molecular weight excluding hydrogens is 242 g/mol. The number of nitrogens with one attached hydrogen (secondary N) is 3. The summed E-state index contributed by atoms with van der Waals surface area (Å²) in [6.07, 6.45) is 0. The van der Waals surface area contributed by atoms with Crippen LogP contribution in [0.3, 0.4) is 0 Å². The van der Waals surface area contributed by atoms with Crippen molar-refractivity contribution in [2.45, 2.75) is 32.9 Å². The van der Waals surface area contributed by atoms with Gasteiger partial charge in [0.25, 0.3) is 0 Å². The van der Waals surface area contributed by atoms with Crippen molar-refractivity contribution in [3.05, 3.63) is 35.9 Å². The molecule has 5 nitrogen and oxygen atoms in total. The molecule has 0 aromatic heterocycles. The van der Waals surface area contributed by atoms with Gasteiger partial charge in [-0.2, -0.15) is 0 Å². The van der Waals surface area contributed by atoms with Crippen molar-refractivity contribution in [3.8, 4) is 0 Å². The molecule has 1 aromatic rings. The fraction of sp³-hybridized carbons (Fsp3) is 0.429. The van der Waals surface area contributed by atoms with Gasteiger partial charge in [-0.05, 0) is 26.3 Å². The lowest BCUT2D eigenvalue weighted by Crippen LogP contribution is -2.47. The first-order chi connectivity index (χ1) is 8.87. The predicted octanol–water partition coefficient (Wildman–Crippen LogP) is 1.40. The van der Waals surface area contributed by atoms with Gasteiger partial charge < -0.3 is 16.0 Å². The first-order valence-corrected chi connectivity index (χ1v) is 6.23. The SMILES string of the molecule is CC(C)(C)NC(=O)CNC(=O)NCc1ccccc1. The third-order valence-corrected chi connectivity index (χ3v) is 2.22. The molecule has 0 heterocycles. The van der Waals surface area contributed by atoms with Crippen LogP contribution in [0.2, 0.25) is 0 Å². The molecule has 1 rings (SSSR count). The van der Waals surface area contributed by atoms with E-state index in [9.17, 15) is 9.59 Å². The number of urea groups is 1. The molecule has 0 unspecified atom stereocenters. The van der Waals surface area contributed by atoms with E-state index in [1.165, 1.54) is 0 Å². The quantitative estimate of drug-likeness (QED) is 0.768. The van der Waals surface area contributed by atoms with Crippen LogP contribution in [0.15, 0.2) is 30.3 Å². The molecule has 3 amide bonds. The van der Waals surface area contributed by atoms with Gasteiger partial charge in [0.05, 0.1) is 6.54 Å². The van der Waals surface area contributed by atoms with Crippen molar-refractivity contribution in [3.63, 3.8) is 0 Å². The van der Waals surface area contributed by atoms with Crippen LogP contribution in [0.5, 0.6) is 0 Å². The Bertz CT molecular complexity index is 424. The Morgan fingerprint density at radius 2 is 1.68 bits per heavy atom. The molecule has 0 atom stereocenters. The highest BCUT2D eigenvalue weighted by Crippen LogP contribution is 1.98. The maximum atomic E-state index is 11.5. The normalized spacial score (nSPS) is 10.7. The average molecular weight is 263 g/mol. The van der Waals surface area contributed by atoms with Crippen molar-refractivity contribution < 1.29 is 9.59 Å². The Balaban J connectivity index is 2.23. The first-order valence-electron chi connectivity index (χ1n) is 6.23. The van der Waals surface area contributed by atoms with E-state index in [2.05, 4.69) is 16.0 Å². The highest BCUT2D eigenvalue weighted by molar-refractivity contribution is 5.84. The van der Waals surface area contributed by atoms with Gasteiger partial charge in [-0.25, -0.2) is 4.79 Å². The summed E-state index contributed by atoms with van der Waals surface area (Å²) in [7, 11) is 0. The van der Waals surface area contributed by atoms with Crippen LogP contribution < -0.4 is 16.0 Å². The van der Waals surface area contributed by atoms with Gasteiger partial charge in [-0.15, -0.1) is 0 Å². The molecule has 0 aliphatic heterocycles. The Morgan fingerprint density at radius 3 is 2.26 bits per heavy atom. The summed E-state index contributed by atoms with van der Waals surface area (Å²) >= 11 is 0. The van der Waals surface area contributed by atoms with Crippen LogP contribution in [-0.2, 0) is 11.3 Å². The van der Waals surface area contributed by atoms with Crippen LogP contribution in [-0.4, -0.2) is 24.0 Å². The largest absolute Gasteiger partial charge is 0.350 e. The third kappa shape index (κ3) is 7.08. The minimum Gasteiger partial charge on any atom is -0.350 e. The highest BCUT2D eigenvalue weighted by Gasteiger charge is 2.13. The van der Waals surface area contributed by atoms with Gasteiger partial charge in [0.1, 0.15) is 0 Å². The summed E-state index contributed by atoms with van der Waals surface area (Å²) in [6, 6.07) is 9.23. The van der Waals surface area contributed by atoms with Crippen molar-refractivity contribution in [2.75, 3.05) is 6.54 Å². The second kappa shape index (κ2) is 6.78. The Hall–Kier alpha value is -2.04. The molecule has 5 heteroatoms. The minimum absolute atomic E-state index is 0.0299. The number of hydrogen-bond donors (Lipinski definition) is 3. The van der Waals surface area contributed by atoms with E-state index in [0.717, 1.165) is 5.56 Å².